The van der Waals surface area contributed by atoms with Gasteiger partial charge in [0.1, 0.15) is 29.5 Å². The first-order valence-corrected chi connectivity index (χ1v) is 9.82. The quantitative estimate of drug-likeness (QED) is 0.492. The number of anilines is 1. The highest BCUT2D eigenvalue weighted by Crippen LogP contribution is 2.34. The lowest BCUT2D eigenvalue weighted by Crippen LogP contribution is -2.15. The minimum absolute atomic E-state index is 0.0768. The van der Waals surface area contributed by atoms with E-state index in [0.717, 1.165) is 25.6 Å². The summed E-state index contributed by atoms with van der Waals surface area (Å²) in [7, 11) is 0. The molecule has 3 heterocycles. The number of benzene rings is 2. The van der Waals surface area contributed by atoms with Crippen LogP contribution in [-0.4, -0.2) is 38.6 Å². The van der Waals surface area contributed by atoms with E-state index >= 15 is 4.39 Å². The Kier molecular flexibility index (Phi) is 4.67. The molecule has 2 aromatic carbocycles. The fourth-order valence-corrected chi connectivity index (χ4v) is 3.90. The maximum absolute atomic E-state index is 15.2. The molecule has 156 valence electrons. The smallest absolute Gasteiger partial charge is 0.193 e. The zero-order valence-corrected chi connectivity index (χ0v) is 16.3. The minimum atomic E-state index is -0.618. The molecular weight excluding hydrogens is 402 g/mol. The van der Waals surface area contributed by atoms with Crippen LogP contribution in [0.4, 0.5) is 14.6 Å². The van der Waals surface area contributed by atoms with Crippen LogP contribution in [0.2, 0.25) is 0 Å². The molecule has 9 heteroatoms. The minimum Gasteiger partial charge on any atom is -0.383 e. The molecule has 1 fully saturated rings. The Hall–Kier alpha value is -3.72. The number of carbonyl (C=O) groups excluding carboxylic acids is 1. The summed E-state index contributed by atoms with van der Waals surface area (Å²) in [5.74, 6) is -1.26. The number of nitrogens with one attached hydrogen (secondary N) is 1. The second-order valence-electron chi connectivity index (χ2n) is 7.43. The van der Waals surface area contributed by atoms with Gasteiger partial charge >= 0.3 is 0 Å². The summed E-state index contributed by atoms with van der Waals surface area (Å²) in [4.78, 5) is 21.0. The van der Waals surface area contributed by atoms with E-state index in [2.05, 4.69) is 20.4 Å². The molecule has 0 aliphatic carbocycles. The molecular formula is C22H18F2N6O. The average Bonchev–Trinajstić information content (AvgIpc) is 3.42. The lowest BCUT2D eigenvalue weighted by atomic mass is 10.00. The summed E-state index contributed by atoms with van der Waals surface area (Å²) in [6.45, 7) is 1.59. The van der Waals surface area contributed by atoms with Gasteiger partial charge in [0.15, 0.2) is 11.4 Å². The largest absolute Gasteiger partial charge is 0.383 e. The highest BCUT2D eigenvalue weighted by molar-refractivity contribution is 6.09. The molecule has 0 radical (unpaired) electrons. The number of hydrogen-bond donors (Lipinski definition) is 2. The molecule has 0 saturated carbocycles. The van der Waals surface area contributed by atoms with E-state index in [4.69, 9.17) is 5.73 Å². The molecule has 0 amide bonds. The Morgan fingerprint density at radius 3 is 2.58 bits per heavy atom. The molecule has 1 aliphatic rings. The number of rotatable bonds is 4. The second kappa shape index (κ2) is 7.51. The first-order chi connectivity index (χ1) is 15.0. The van der Waals surface area contributed by atoms with Gasteiger partial charge in [-0.15, -0.1) is 0 Å². The molecule has 31 heavy (non-hydrogen) atoms. The maximum atomic E-state index is 15.2. The van der Waals surface area contributed by atoms with Crippen LogP contribution in [0.15, 0.2) is 48.8 Å². The second-order valence-corrected chi connectivity index (χ2v) is 7.43. The average molecular weight is 420 g/mol. The first-order valence-electron chi connectivity index (χ1n) is 9.82. The number of nitrogen functional groups attached to an aromatic ring is 1. The van der Waals surface area contributed by atoms with Gasteiger partial charge in [-0.2, -0.15) is 5.10 Å². The van der Waals surface area contributed by atoms with Crippen molar-refractivity contribution in [1.82, 2.24) is 25.1 Å². The predicted molar refractivity (Wildman–Crippen MR) is 111 cm³/mol. The van der Waals surface area contributed by atoms with Crippen LogP contribution in [0.3, 0.4) is 0 Å². The van der Waals surface area contributed by atoms with Crippen molar-refractivity contribution >= 4 is 22.6 Å². The van der Waals surface area contributed by atoms with Crippen LogP contribution in [0, 0.1) is 11.6 Å². The van der Waals surface area contributed by atoms with Crippen molar-refractivity contribution in [3.8, 4) is 11.3 Å². The Bertz CT molecular complexity index is 1300. The van der Waals surface area contributed by atoms with Crippen molar-refractivity contribution in [2.24, 2.45) is 0 Å². The van der Waals surface area contributed by atoms with Gasteiger partial charge in [-0.25, -0.2) is 23.4 Å². The summed E-state index contributed by atoms with van der Waals surface area (Å²) in [6.07, 6.45) is 2.23. The number of halogens is 2. The zero-order valence-electron chi connectivity index (χ0n) is 16.3. The van der Waals surface area contributed by atoms with Gasteiger partial charge in [0.2, 0.25) is 0 Å². The van der Waals surface area contributed by atoms with Gasteiger partial charge in [0, 0.05) is 23.2 Å². The molecule has 5 rings (SSSR count). The van der Waals surface area contributed by atoms with Gasteiger partial charge in [-0.1, -0.05) is 6.07 Å². The highest BCUT2D eigenvalue weighted by atomic mass is 19.1. The van der Waals surface area contributed by atoms with Gasteiger partial charge < -0.3 is 11.1 Å². The van der Waals surface area contributed by atoms with E-state index in [1.165, 1.54) is 42.7 Å². The lowest BCUT2D eigenvalue weighted by molar-refractivity contribution is 0.103. The van der Waals surface area contributed by atoms with E-state index in [1.807, 2.05) is 0 Å². The first kappa shape index (κ1) is 19.3. The SMILES string of the molecule is Nc1ncnc2c1c(-c1ccc(C(=O)c3ccc(F)cc3)cc1F)nn2C1CCNC1. The number of hydrogen-bond acceptors (Lipinski definition) is 6. The normalized spacial score (nSPS) is 16.1. The van der Waals surface area contributed by atoms with E-state index in [-0.39, 0.29) is 28.6 Å². The molecule has 4 aromatic rings. The van der Waals surface area contributed by atoms with E-state index in [9.17, 15) is 9.18 Å². The van der Waals surface area contributed by atoms with Crippen molar-refractivity contribution in [1.29, 1.82) is 0 Å². The fraction of sp³-hybridized carbons (Fsp3) is 0.182. The fourth-order valence-electron chi connectivity index (χ4n) is 3.90. The number of aromatic nitrogens is 4. The standard InChI is InChI=1S/C22H18F2N6O/c23-14-4-1-12(2-5-14)20(31)13-3-6-16(17(24)9-13)19-18-21(25)27-11-28-22(18)30(29-19)15-7-8-26-10-15/h1-6,9,11,15,26H,7-8,10H2,(H2,25,27,28). The topological polar surface area (TPSA) is 98.7 Å². The molecule has 1 unspecified atom stereocenters. The third-order valence-electron chi connectivity index (χ3n) is 5.49. The van der Waals surface area contributed by atoms with Crippen LogP contribution in [0.1, 0.15) is 28.4 Å². The molecule has 0 spiro atoms. The van der Waals surface area contributed by atoms with Crippen molar-refractivity contribution in [3.05, 3.63) is 71.6 Å². The van der Waals surface area contributed by atoms with Gasteiger partial charge in [0.05, 0.1) is 11.4 Å². The molecule has 1 aliphatic heterocycles. The summed E-state index contributed by atoms with van der Waals surface area (Å²) in [6, 6.07) is 9.37. The Morgan fingerprint density at radius 2 is 1.87 bits per heavy atom. The number of carbonyl (C=O) groups is 1. The van der Waals surface area contributed by atoms with E-state index < -0.39 is 17.4 Å². The molecule has 1 atom stereocenters. The van der Waals surface area contributed by atoms with Gasteiger partial charge in [-0.05, 0) is 49.4 Å². The van der Waals surface area contributed by atoms with Crippen molar-refractivity contribution in [3.63, 3.8) is 0 Å². The van der Waals surface area contributed by atoms with Crippen molar-refractivity contribution < 1.29 is 13.6 Å². The Morgan fingerprint density at radius 1 is 1.10 bits per heavy atom. The lowest BCUT2D eigenvalue weighted by Gasteiger charge is -2.09. The number of nitrogens with zero attached hydrogens (tertiary/aromatic N) is 4. The monoisotopic (exact) mass is 420 g/mol. The van der Waals surface area contributed by atoms with Gasteiger partial charge in [0.25, 0.3) is 0 Å². The summed E-state index contributed by atoms with van der Waals surface area (Å²) < 4.78 is 30.1. The summed E-state index contributed by atoms with van der Waals surface area (Å²) in [5, 5.41) is 8.39. The maximum Gasteiger partial charge on any atom is 0.193 e. The van der Waals surface area contributed by atoms with E-state index in [1.54, 1.807) is 4.68 Å². The summed E-state index contributed by atoms with van der Waals surface area (Å²) in [5.41, 5.74) is 7.60. The van der Waals surface area contributed by atoms with Crippen LogP contribution in [0.5, 0.6) is 0 Å². The number of fused-ring (bicyclic) bond motifs is 1. The number of ketones is 1. The van der Waals surface area contributed by atoms with Crippen LogP contribution in [0.25, 0.3) is 22.3 Å². The highest BCUT2D eigenvalue weighted by Gasteiger charge is 2.26. The third kappa shape index (κ3) is 3.32. The van der Waals surface area contributed by atoms with Crippen molar-refractivity contribution in [2.45, 2.75) is 12.5 Å². The van der Waals surface area contributed by atoms with E-state index in [0.29, 0.717) is 16.7 Å². The zero-order chi connectivity index (χ0) is 21.5. The summed E-state index contributed by atoms with van der Waals surface area (Å²) >= 11 is 0. The molecule has 3 N–H and O–H groups in total. The van der Waals surface area contributed by atoms with Crippen LogP contribution in [-0.2, 0) is 0 Å². The van der Waals surface area contributed by atoms with Crippen molar-refractivity contribution in [2.75, 3.05) is 18.8 Å². The molecule has 0 bridgehead atoms. The Balaban J connectivity index is 1.59. The molecule has 1 saturated heterocycles. The third-order valence-corrected chi connectivity index (χ3v) is 5.49. The number of nitrogens with two attached hydrogens (primary N) is 1. The van der Waals surface area contributed by atoms with Crippen LogP contribution < -0.4 is 11.1 Å². The predicted octanol–water partition coefficient (Wildman–Crippen LogP) is 3.12. The molecule has 7 nitrogen and oxygen atoms in total. The van der Waals surface area contributed by atoms with Crippen LogP contribution >= 0.6 is 0 Å². The molecule has 2 aromatic heterocycles. The Labute approximate surface area is 175 Å². The van der Waals surface area contributed by atoms with Gasteiger partial charge in [-0.3, -0.25) is 4.79 Å².